The zero-order chi connectivity index (χ0) is 22.6. The van der Waals surface area contributed by atoms with Gasteiger partial charge in [-0.25, -0.2) is 0 Å². The van der Waals surface area contributed by atoms with Gasteiger partial charge >= 0.3 is 12.1 Å². The molecule has 0 amide bonds. The molecule has 0 aliphatic carbocycles. The lowest BCUT2D eigenvalue weighted by molar-refractivity contribution is -0.141. The summed E-state index contributed by atoms with van der Waals surface area (Å²) >= 11 is 7.81. The van der Waals surface area contributed by atoms with E-state index in [9.17, 15) is 18.0 Å². The van der Waals surface area contributed by atoms with Gasteiger partial charge in [-0.3, -0.25) is 4.79 Å². The lowest BCUT2D eigenvalue weighted by Gasteiger charge is -2.10. The van der Waals surface area contributed by atoms with Gasteiger partial charge in [-0.15, -0.1) is 11.8 Å². The van der Waals surface area contributed by atoms with E-state index in [0.717, 1.165) is 34.6 Å². The predicted octanol–water partition coefficient (Wildman–Crippen LogP) is 6.80. The molecule has 9 heteroatoms. The fourth-order valence-electron chi connectivity index (χ4n) is 3.45. The van der Waals surface area contributed by atoms with E-state index in [1.165, 1.54) is 6.07 Å². The van der Waals surface area contributed by atoms with Crippen molar-refractivity contribution in [2.75, 3.05) is 5.75 Å². The van der Waals surface area contributed by atoms with Crippen LogP contribution >= 0.6 is 23.4 Å². The van der Waals surface area contributed by atoms with Crippen LogP contribution in [0.5, 0.6) is 0 Å². The highest BCUT2D eigenvalue weighted by Gasteiger charge is 2.37. The van der Waals surface area contributed by atoms with E-state index in [0.29, 0.717) is 23.4 Å². The van der Waals surface area contributed by atoms with Crippen molar-refractivity contribution in [3.63, 3.8) is 0 Å². The minimum absolute atomic E-state index is 0.00214. The molecule has 0 spiro atoms. The molecule has 0 saturated carbocycles. The van der Waals surface area contributed by atoms with Gasteiger partial charge < -0.3 is 9.63 Å². The molecule has 4 nitrogen and oxygen atoms in total. The average molecular weight is 472 g/mol. The number of carbonyl (C=O) groups is 1. The summed E-state index contributed by atoms with van der Waals surface area (Å²) in [5.74, 6) is -0.156. The zero-order valence-corrected chi connectivity index (χ0v) is 18.3. The van der Waals surface area contributed by atoms with Crippen molar-refractivity contribution < 1.29 is 27.6 Å². The second-order valence-electron chi connectivity index (χ2n) is 7.15. The van der Waals surface area contributed by atoms with Crippen LogP contribution in [0.3, 0.4) is 0 Å². The molecule has 3 aromatic rings. The number of halogens is 4. The van der Waals surface area contributed by atoms with Crippen molar-refractivity contribution in [3.8, 4) is 0 Å². The number of benzene rings is 2. The summed E-state index contributed by atoms with van der Waals surface area (Å²) in [6, 6.07) is 8.39. The molecule has 1 aromatic heterocycles. The van der Waals surface area contributed by atoms with Crippen LogP contribution < -0.4 is 0 Å². The normalized spacial score (nSPS) is 11.9. The Morgan fingerprint density at radius 2 is 2.00 bits per heavy atom. The summed E-state index contributed by atoms with van der Waals surface area (Å²) in [5.41, 5.74) is 1.62. The summed E-state index contributed by atoms with van der Waals surface area (Å²) in [4.78, 5) is 11.7. The number of carboxylic acids is 1. The maximum atomic E-state index is 13.1. The number of hydrogen-bond donors (Lipinski definition) is 1. The van der Waals surface area contributed by atoms with Crippen LogP contribution in [-0.4, -0.2) is 22.0 Å². The molecule has 0 radical (unpaired) electrons. The molecule has 0 aliphatic heterocycles. The maximum absolute atomic E-state index is 13.1. The molecule has 1 heterocycles. The van der Waals surface area contributed by atoms with Gasteiger partial charge in [0.15, 0.2) is 11.3 Å². The average Bonchev–Trinajstić information content (AvgIpc) is 3.12. The third kappa shape index (κ3) is 5.74. The number of thioether (sulfide) groups is 1. The molecular weight excluding hydrogens is 451 g/mol. The van der Waals surface area contributed by atoms with Crippen molar-refractivity contribution in [2.24, 2.45) is 0 Å². The summed E-state index contributed by atoms with van der Waals surface area (Å²) in [5, 5.41) is 12.6. The van der Waals surface area contributed by atoms with Gasteiger partial charge in [0.2, 0.25) is 0 Å². The number of rotatable bonds is 9. The van der Waals surface area contributed by atoms with Gasteiger partial charge in [-0.05, 0) is 54.3 Å². The van der Waals surface area contributed by atoms with E-state index >= 15 is 0 Å². The van der Waals surface area contributed by atoms with Crippen LogP contribution in [0.1, 0.15) is 42.1 Å². The SMILES string of the molecule is CCCc1c(CCCSc2ccc(CC(=O)O)cc2Cl)ccc2c(C(F)(F)F)noc12. The van der Waals surface area contributed by atoms with E-state index in [1.807, 2.05) is 13.0 Å². The topological polar surface area (TPSA) is 63.3 Å². The van der Waals surface area contributed by atoms with Crippen LogP contribution in [-0.2, 0) is 30.2 Å². The number of alkyl halides is 3. The van der Waals surface area contributed by atoms with Crippen LogP contribution in [0.2, 0.25) is 5.02 Å². The Bertz CT molecular complexity index is 1080. The quantitative estimate of drug-likeness (QED) is 0.274. The first kappa shape index (κ1) is 23.5. The minimum atomic E-state index is -4.55. The smallest absolute Gasteiger partial charge is 0.437 e. The Hall–Kier alpha value is -2.19. The van der Waals surface area contributed by atoms with Gasteiger partial charge in [0.1, 0.15) is 0 Å². The maximum Gasteiger partial charge on any atom is 0.437 e. The van der Waals surface area contributed by atoms with Crippen LogP contribution in [0.25, 0.3) is 11.0 Å². The third-order valence-corrected chi connectivity index (χ3v) is 6.39. The highest BCUT2D eigenvalue weighted by Crippen LogP contribution is 2.37. The summed E-state index contributed by atoms with van der Waals surface area (Å²) < 4.78 is 44.5. The lowest BCUT2D eigenvalue weighted by atomic mass is 9.97. The first-order valence-corrected chi connectivity index (χ1v) is 11.2. The number of hydrogen-bond acceptors (Lipinski definition) is 4. The van der Waals surface area contributed by atoms with E-state index in [1.54, 1.807) is 30.0 Å². The van der Waals surface area contributed by atoms with Gasteiger partial charge in [0.25, 0.3) is 0 Å². The highest BCUT2D eigenvalue weighted by atomic mass is 35.5. The molecule has 31 heavy (non-hydrogen) atoms. The van der Waals surface area contributed by atoms with E-state index in [2.05, 4.69) is 5.16 Å². The molecule has 3 rings (SSSR count). The Morgan fingerprint density at radius 1 is 1.23 bits per heavy atom. The standard InChI is InChI=1S/C22H21ClF3NO3S/c1-2-4-15-14(7-8-16-20(15)30-27-21(16)22(24,25)26)5-3-10-31-18-9-6-13(11-17(18)23)12-19(28)29/h6-9,11H,2-5,10,12H2,1H3,(H,28,29). The van der Waals surface area contributed by atoms with Gasteiger partial charge in [-0.1, -0.05) is 42.2 Å². The molecule has 0 aliphatic rings. The second kappa shape index (κ2) is 9.96. The number of aryl methyl sites for hydroxylation is 2. The first-order chi connectivity index (χ1) is 14.7. The van der Waals surface area contributed by atoms with E-state index < -0.39 is 17.8 Å². The fraction of sp³-hybridized carbons (Fsp3) is 0.364. The van der Waals surface area contributed by atoms with Crippen molar-refractivity contribution in [2.45, 2.75) is 50.1 Å². The highest BCUT2D eigenvalue weighted by molar-refractivity contribution is 7.99. The second-order valence-corrected chi connectivity index (χ2v) is 8.69. The largest absolute Gasteiger partial charge is 0.481 e. The molecular formula is C22H21ClF3NO3S. The van der Waals surface area contributed by atoms with Crippen molar-refractivity contribution in [1.82, 2.24) is 5.16 Å². The molecule has 0 saturated heterocycles. The number of aliphatic carboxylic acids is 1. The Morgan fingerprint density at radius 3 is 2.65 bits per heavy atom. The van der Waals surface area contributed by atoms with Crippen LogP contribution in [0.4, 0.5) is 13.2 Å². The van der Waals surface area contributed by atoms with E-state index in [-0.39, 0.29) is 17.4 Å². The van der Waals surface area contributed by atoms with Crippen LogP contribution in [0, 0.1) is 0 Å². The molecule has 166 valence electrons. The number of aromatic nitrogens is 1. The lowest BCUT2D eigenvalue weighted by Crippen LogP contribution is -2.05. The van der Waals surface area contributed by atoms with Crippen molar-refractivity contribution in [1.29, 1.82) is 0 Å². The van der Waals surface area contributed by atoms with Crippen LogP contribution in [0.15, 0.2) is 39.8 Å². The Balaban J connectivity index is 1.68. The van der Waals surface area contributed by atoms with Crippen molar-refractivity contribution >= 4 is 40.3 Å². The Labute approximate surface area is 186 Å². The van der Waals surface area contributed by atoms with Gasteiger partial charge in [0, 0.05) is 10.5 Å². The zero-order valence-electron chi connectivity index (χ0n) is 16.8. The molecule has 0 unspecified atom stereocenters. The molecule has 0 atom stereocenters. The first-order valence-electron chi connectivity index (χ1n) is 9.81. The predicted molar refractivity (Wildman–Crippen MR) is 115 cm³/mol. The summed E-state index contributed by atoms with van der Waals surface area (Å²) in [7, 11) is 0. The van der Waals surface area contributed by atoms with Gasteiger partial charge in [-0.2, -0.15) is 13.2 Å². The molecule has 1 N–H and O–H groups in total. The fourth-order valence-corrected chi connectivity index (χ4v) is 4.69. The number of fused-ring (bicyclic) bond motifs is 1. The minimum Gasteiger partial charge on any atom is -0.481 e. The van der Waals surface area contributed by atoms with E-state index in [4.69, 9.17) is 21.2 Å². The Kier molecular flexibility index (Phi) is 7.54. The summed E-state index contributed by atoms with van der Waals surface area (Å²) in [6.07, 6.45) is -1.75. The molecule has 2 aromatic carbocycles. The molecule has 0 fully saturated rings. The molecule has 0 bridgehead atoms. The monoisotopic (exact) mass is 471 g/mol. The number of carboxylic acid groups (broad SMARTS) is 1. The summed E-state index contributed by atoms with van der Waals surface area (Å²) in [6.45, 7) is 1.97. The van der Waals surface area contributed by atoms with Gasteiger partial charge in [0.05, 0.1) is 16.8 Å². The number of nitrogens with zero attached hydrogens (tertiary/aromatic N) is 1. The van der Waals surface area contributed by atoms with Crippen molar-refractivity contribution in [3.05, 3.63) is 57.7 Å². The third-order valence-electron chi connectivity index (χ3n) is 4.81.